The Morgan fingerprint density at radius 2 is 2.05 bits per heavy atom. The topological polar surface area (TPSA) is 50.8 Å². The van der Waals surface area contributed by atoms with E-state index < -0.39 is 0 Å². The number of nitrogens with zero attached hydrogens (tertiary/aromatic N) is 2. The quantitative estimate of drug-likeness (QED) is 0.411. The van der Waals surface area contributed by atoms with E-state index in [1.807, 2.05) is 0 Å². The summed E-state index contributed by atoms with van der Waals surface area (Å²) in [6.45, 7) is 3.96. The highest BCUT2D eigenvalue weighted by Crippen LogP contribution is 2.44. The fraction of sp³-hybridized carbons (Fsp3) is 0.562. The molecule has 3 rings (SSSR count). The van der Waals surface area contributed by atoms with Crippen molar-refractivity contribution in [1.82, 2.24) is 4.90 Å². The Kier molecular flexibility index (Phi) is 6.52. The summed E-state index contributed by atoms with van der Waals surface area (Å²) >= 11 is 3.57. The minimum atomic E-state index is 0. The third-order valence-corrected chi connectivity index (χ3v) is 5.12. The largest absolute Gasteiger partial charge is 0.378 e. The molecule has 0 unspecified atom stereocenters. The van der Waals surface area contributed by atoms with Crippen LogP contribution in [0.1, 0.15) is 24.8 Å². The molecule has 1 saturated heterocycles. The number of guanidine groups is 1. The van der Waals surface area contributed by atoms with Crippen molar-refractivity contribution in [2.24, 2.45) is 10.7 Å². The van der Waals surface area contributed by atoms with Crippen LogP contribution in [0.2, 0.25) is 0 Å². The highest BCUT2D eigenvalue weighted by Gasteiger charge is 2.38. The third kappa shape index (κ3) is 3.94. The summed E-state index contributed by atoms with van der Waals surface area (Å²) in [5, 5.41) is 0. The maximum atomic E-state index is 6.15. The van der Waals surface area contributed by atoms with Crippen molar-refractivity contribution in [2.75, 3.05) is 32.8 Å². The Labute approximate surface area is 157 Å². The van der Waals surface area contributed by atoms with E-state index in [0.717, 1.165) is 37.3 Å². The van der Waals surface area contributed by atoms with Crippen LogP contribution in [0.4, 0.5) is 0 Å². The van der Waals surface area contributed by atoms with Crippen LogP contribution in [-0.4, -0.2) is 43.7 Å². The number of halogens is 2. The van der Waals surface area contributed by atoms with Crippen LogP contribution < -0.4 is 5.73 Å². The lowest BCUT2D eigenvalue weighted by Gasteiger charge is -2.41. The van der Waals surface area contributed by atoms with E-state index in [4.69, 9.17) is 15.5 Å². The van der Waals surface area contributed by atoms with Gasteiger partial charge in [-0.2, -0.15) is 0 Å². The van der Waals surface area contributed by atoms with Gasteiger partial charge in [0.15, 0.2) is 5.96 Å². The first kappa shape index (κ1) is 18.0. The molecule has 2 fully saturated rings. The molecule has 1 heterocycles. The van der Waals surface area contributed by atoms with Gasteiger partial charge in [0, 0.05) is 23.0 Å². The second kappa shape index (κ2) is 7.97. The van der Waals surface area contributed by atoms with E-state index >= 15 is 0 Å². The van der Waals surface area contributed by atoms with Gasteiger partial charge in [0.25, 0.3) is 0 Å². The molecule has 1 aromatic carbocycles. The number of morpholine rings is 1. The molecule has 0 amide bonds. The van der Waals surface area contributed by atoms with Crippen molar-refractivity contribution in [1.29, 1.82) is 0 Å². The Balaban J connectivity index is 0.00000176. The van der Waals surface area contributed by atoms with E-state index in [-0.39, 0.29) is 29.4 Å². The van der Waals surface area contributed by atoms with Gasteiger partial charge in [-0.25, -0.2) is 0 Å². The minimum Gasteiger partial charge on any atom is -0.378 e. The fourth-order valence-electron chi connectivity index (χ4n) is 3.08. The predicted octanol–water partition coefficient (Wildman–Crippen LogP) is 3.14. The molecule has 22 heavy (non-hydrogen) atoms. The van der Waals surface area contributed by atoms with Gasteiger partial charge in [-0.15, -0.1) is 24.0 Å². The van der Waals surface area contributed by atoms with Gasteiger partial charge in [0.1, 0.15) is 0 Å². The van der Waals surface area contributed by atoms with Gasteiger partial charge in [0.05, 0.1) is 19.8 Å². The molecule has 6 heteroatoms. The molecule has 0 atom stereocenters. The Morgan fingerprint density at radius 3 is 2.64 bits per heavy atom. The molecule has 2 aliphatic rings. The fourth-order valence-corrected chi connectivity index (χ4v) is 3.48. The molecule has 0 spiro atoms. The minimum absolute atomic E-state index is 0. The highest BCUT2D eigenvalue weighted by molar-refractivity contribution is 14.0. The van der Waals surface area contributed by atoms with E-state index in [1.54, 1.807) is 0 Å². The smallest absolute Gasteiger partial charge is 0.191 e. The van der Waals surface area contributed by atoms with Crippen molar-refractivity contribution in [3.63, 3.8) is 0 Å². The normalized spacial score (nSPS) is 21.0. The second-order valence-corrected chi connectivity index (χ2v) is 6.83. The zero-order valence-corrected chi connectivity index (χ0v) is 16.5. The maximum Gasteiger partial charge on any atom is 0.191 e. The van der Waals surface area contributed by atoms with Gasteiger partial charge in [-0.1, -0.05) is 34.5 Å². The number of aliphatic imine (C=N–C) groups is 1. The van der Waals surface area contributed by atoms with E-state index in [2.05, 4.69) is 45.1 Å². The van der Waals surface area contributed by atoms with Crippen molar-refractivity contribution < 1.29 is 4.74 Å². The van der Waals surface area contributed by atoms with Crippen LogP contribution in [0, 0.1) is 0 Å². The monoisotopic (exact) mass is 479 g/mol. The van der Waals surface area contributed by atoms with Crippen LogP contribution in [0.25, 0.3) is 0 Å². The van der Waals surface area contributed by atoms with Crippen LogP contribution in [0.5, 0.6) is 0 Å². The molecule has 1 aliphatic heterocycles. The second-order valence-electron chi connectivity index (χ2n) is 5.92. The summed E-state index contributed by atoms with van der Waals surface area (Å²) in [7, 11) is 0. The van der Waals surface area contributed by atoms with Gasteiger partial charge < -0.3 is 15.4 Å². The molecule has 2 N–H and O–H groups in total. The third-order valence-electron chi connectivity index (χ3n) is 4.63. The lowest BCUT2D eigenvalue weighted by molar-refractivity contribution is 0.0673. The summed E-state index contributed by atoms with van der Waals surface area (Å²) in [5.41, 5.74) is 7.71. The van der Waals surface area contributed by atoms with Gasteiger partial charge in [-0.05, 0) is 30.5 Å². The molecular formula is C16H23BrIN3O. The van der Waals surface area contributed by atoms with Crippen molar-refractivity contribution in [2.45, 2.75) is 24.7 Å². The predicted molar refractivity (Wildman–Crippen MR) is 104 cm³/mol. The lowest BCUT2D eigenvalue weighted by atomic mass is 9.64. The van der Waals surface area contributed by atoms with E-state index in [9.17, 15) is 0 Å². The summed E-state index contributed by atoms with van der Waals surface area (Å²) in [6.07, 6.45) is 3.67. The molecule has 0 radical (unpaired) electrons. The van der Waals surface area contributed by atoms with Crippen molar-refractivity contribution >= 4 is 45.9 Å². The summed E-state index contributed by atoms with van der Waals surface area (Å²) in [5.74, 6) is 0.666. The molecule has 1 aromatic rings. The number of hydrogen-bond donors (Lipinski definition) is 1. The molecule has 4 nitrogen and oxygen atoms in total. The van der Waals surface area contributed by atoms with Crippen LogP contribution in [0.15, 0.2) is 33.7 Å². The van der Waals surface area contributed by atoms with Crippen LogP contribution in [-0.2, 0) is 10.2 Å². The maximum absolute atomic E-state index is 6.15. The number of rotatable bonds is 3. The Morgan fingerprint density at radius 1 is 1.32 bits per heavy atom. The molecule has 1 aliphatic carbocycles. The first-order valence-corrected chi connectivity index (χ1v) is 8.38. The van der Waals surface area contributed by atoms with Gasteiger partial charge >= 0.3 is 0 Å². The van der Waals surface area contributed by atoms with Gasteiger partial charge in [-0.3, -0.25) is 4.99 Å². The standard InChI is InChI=1S/C16H22BrN3O.HI/c17-14-4-1-3-13(11-14)16(5-2-6-16)12-19-15(18)20-7-9-21-10-8-20;/h1,3-4,11H,2,5-10,12H2,(H2,18,19);1H. The SMILES string of the molecule is I.NC(=NCC1(c2cccc(Br)c2)CCC1)N1CCOCC1. The first-order valence-electron chi connectivity index (χ1n) is 7.58. The number of hydrogen-bond acceptors (Lipinski definition) is 2. The molecule has 122 valence electrons. The van der Waals surface area contributed by atoms with Gasteiger partial charge in [0.2, 0.25) is 0 Å². The Hall–Kier alpha value is -0.340. The lowest BCUT2D eigenvalue weighted by Crippen LogP contribution is -2.46. The molecule has 0 aromatic heterocycles. The van der Waals surface area contributed by atoms with Crippen LogP contribution >= 0.6 is 39.9 Å². The van der Waals surface area contributed by atoms with Crippen LogP contribution in [0.3, 0.4) is 0 Å². The van der Waals surface area contributed by atoms with E-state index in [1.165, 1.54) is 24.8 Å². The average molecular weight is 480 g/mol. The first-order chi connectivity index (χ1) is 10.2. The summed E-state index contributed by atoms with van der Waals surface area (Å²) in [4.78, 5) is 6.82. The van der Waals surface area contributed by atoms with Crippen molar-refractivity contribution in [3.8, 4) is 0 Å². The number of nitrogens with two attached hydrogens (primary N) is 1. The molecule has 1 saturated carbocycles. The molecular weight excluding hydrogens is 457 g/mol. The average Bonchev–Trinajstić information content (AvgIpc) is 2.47. The number of benzene rings is 1. The zero-order valence-electron chi connectivity index (χ0n) is 12.6. The Bertz CT molecular complexity index is 528. The van der Waals surface area contributed by atoms with Crippen molar-refractivity contribution in [3.05, 3.63) is 34.3 Å². The number of ether oxygens (including phenoxy) is 1. The highest BCUT2D eigenvalue weighted by atomic mass is 127. The summed E-state index contributed by atoms with van der Waals surface area (Å²) < 4.78 is 6.49. The molecule has 0 bridgehead atoms. The summed E-state index contributed by atoms with van der Waals surface area (Å²) in [6, 6.07) is 8.61. The zero-order chi connectivity index (χ0) is 14.7. The van der Waals surface area contributed by atoms with E-state index in [0.29, 0.717) is 5.96 Å².